The Morgan fingerprint density at radius 1 is 1.37 bits per heavy atom. The minimum Gasteiger partial charge on any atom is -0.399 e. The van der Waals surface area contributed by atoms with Gasteiger partial charge in [-0.15, -0.1) is 0 Å². The number of hydrogen-bond acceptors (Lipinski definition) is 5. The van der Waals surface area contributed by atoms with Gasteiger partial charge in [0.25, 0.3) is 0 Å². The number of hydrogen-bond donors (Lipinski definition) is 2. The van der Waals surface area contributed by atoms with Gasteiger partial charge in [-0.25, -0.2) is 10.6 Å². The van der Waals surface area contributed by atoms with Crippen molar-refractivity contribution in [2.24, 2.45) is 11.6 Å². The van der Waals surface area contributed by atoms with Crippen molar-refractivity contribution in [3.63, 3.8) is 0 Å². The molecule has 1 aromatic carbocycles. The number of nitrogens with zero attached hydrogens (tertiary/aromatic N) is 3. The zero-order valence-electron chi connectivity index (χ0n) is 16.7. The first-order valence-corrected chi connectivity index (χ1v) is 9.63. The monoisotopic (exact) mass is 373 g/mol. The van der Waals surface area contributed by atoms with Crippen LogP contribution in [0.15, 0.2) is 34.9 Å². The summed E-state index contributed by atoms with van der Waals surface area (Å²) >= 11 is 0. The Morgan fingerprint density at radius 2 is 2.07 bits per heavy atom. The van der Waals surface area contributed by atoms with Gasteiger partial charge in [-0.05, 0) is 24.0 Å². The van der Waals surface area contributed by atoms with E-state index in [-0.39, 0.29) is 24.6 Å². The van der Waals surface area contributed by atoms with Crippen LogP contribution in [0.25, 0.3) is 11.0 Å². The maximum absolute atomic E-state index is 12.8. The highest BCUT2D eigenvalue weighted by molar-refractivity contribution is 5.81. The molecule has 0 aliphatic carbocycles. The summed E-state index contributed by atoms with van der Waals surface area (Å²) in [5.74, 6) is 6.27. The molecule has 0 bridgehead atoms. The van der Waals surface area contributed by atoms with Crippen molar-refractivity contribution >= 4 is 16.8 Å². The Hall–Kier alpha value is -2.54. The summed E-state index contributed by atoms with van der Waals surface area (Å²) in [7, 11) is 0. The van der Waals surface area contributed by atoms with E-state index >= 15 is 0 Å². The molecule has 1 aliphatic heterocycles. The number of ketones is 1. The summed E-state index contributed by atoms with van der Waals surface area (Å²) in [6.07, 6.45) is 2.90. The molecule has 1 aliphatic rings. The van der Waals surface area contributed by atoms with E-state index in [1.807, 2.05) is 30.5 Å². The zero-order valence-corrected chi connectivity index (χ0v) is 16.7. The quantitative estimate of drug-likeness (QED) is 0.598. The van der Waals surface area contributed by atoms with Gasteiger partial charge in [-0.3, -0.25) is 13.9 Å². The largest absolute Gasteiger partial charge is 0.399 e. The van der Waals surface area contributed by atoms with Gasteiger partial charge in [-0.1, -0.05) is 39.8 Å². The first kappa shape index (κ1) is 20.8. The molecule has 27 heavy (non-hydrogen) atoms. The molecule has 7 heteroatoms. The van der Waals surface area contributed by atoms with Gasteiger partial charge >= 0.3 is 5.69 Å². The Kier molecular flexibility index (Phi) is 6.85. The Labute approximate surface area is 160 Å². The Balaban J connectivity index is 0.00000126. The first-order chi connectivity index (χ1) is 12.9. The number of nitrogens with two attached hydrogens (primary N) is 2. The number of benzene rings is 1. The van der Waals surface area contributed by atoms with Crippen molar-refractivity contribution in [1.29, 1.82) is 0 Å². The van der Waals surface area contributed by atoms with Crippen LogP contribution in [0.1, 0.15) is 52.0 Å². The standard InChI is InChI=1S/C18H25N5O2.C2H6/c1-3-14(24)11-21(20)9-13(19)10-23-16-6-4-5-15-12(2)7-8-22(17(15)16)18(23)25;1-2/h4-6,9,12H,3,7-8,10-11,19-20H2,1-2H3;1-2H3/b13-9-;. The van der Waals surface area contributed by atoms with E-state index in [2.05, 4.69) is 13.0 Å². The number of rotatable bonds is 6. The zero-order chi connectivity index (χ0) is 20.1. The lowest BCUT2D eigenvalue weighted by atomic mass is 9.94. The number of imidazole rings is 1. The average Bonchev–Trinajstić information content (AvgIpc) is 2.92. The normalized spacial score (nSPS) is 16.0. The molecule has 7 nitrogen and oxygen atoms in total. The van der Waals surface area contributed by atoms with Crippen molar-refractivity contribution in [2.45, 2.75) is 59.5 Å². The van der Waals surface area contributed by atoms with Gasteiger partial charge < -0.3 is 10.7 Å². The van der Waals surface area contributed by atoms with E-state index in [4.69, 9.17) is 11.6 Å². The van der Waals surface area contributed by atoms with Gasteiger partial charge in [-0.2, -0.15) is 0 Å². The van der Waals surface area contributed by atoms with Gasteiger partial charge in [0.1, 0.15) is 0 Å². The van der Waals surface area contributed by atoms with Crippen LogP contribution < -0.4 is 17.3 Å². The molecule has 3 rings (SSSR count). The molecule has 4 N–H and O–H groups in total. The van der Waals surface area contributed by atoms with Gasteiger partial charge in [0.15, 0.2) is 5.78 Å². The topological polar surface area (TPSA) is 99.3 Å². The lowest BCUT2D eigenvalue weighted by Crippen LogP contribution is -2.33. The number of para-hydroxylation sites is 1. The number of aryl methyl sites for hydroxylation is 1. The summed E-state index contributed by atoms with van der Waals surface area (Å²) in [5, 5.41) is 1.27. The predicted molar refractivity (Wildman–Crippen MR) is 109 cm³/mol. The van der Waals surface area contributed by atoms with Crippen molar-refractivity contribution < 1.29 is 4.79 Å². The summed E-state index contributed by atoms with van der Waals surface area (Å²) in [6, 6.07) is 6.02. The second-order valence-electron chi connectivity index (χ2n) is 6.69. The molecule has 1 aromatic heterocycles. The second-order valence-corrected chi connectivity index (χ2v) is 6.69. The number of allylic oxidation sites excluding steroid dienone is 1. The molecule has 1 atom stereocenters. The molecular weight excluding hydrogens is 342 g/mol. The molecule has 0 spiro atoms. The smallest absolute Gasteiger partial charge is 0.329 e. The van der Waals surface area contributed by atoms with Crippen LogP contribution in [0.5, 0.6) is 0 Å². The highest BCUT2D eigenvalue weighted by Crippen LogP contribution is 2.31. The number of carbonyl (C=O) groups is 1. The fourth-order valence-corrected chi connectivity index (χ4v) is 3.44. The minimum absolute atomic E-state index is 0.0323. The van der Waals surface area contributed by atoms with E-state index in [1.165, 1.54) is 16.8 Å². The van der Waals surface area contributed by atoms with Gasteiger partial charge in [0.2, 0.25) is 0 Å². The molecule has 148 valence electrons. The third-order valence-electron chi connectivity index (χ3n) is 4.81. The maximum Gasteiger partial charge on any atom is 0.329 e. The van der Waals surface area contributed by atoms with E-state index in [0.717, 1.165) is 24.0 Å². The number of carbonyl (C=O) groups excluding carboxylic acids is 1. The number of aromatic nitrogens is 2. The lowest BCUT2D eigenvalue weighted by molar-refractivity contribution is -0.119. The molecule has 2 heterocycles. The van der Waals surface area contributed by atoms with Crippen molar-refractivity contribution in [3.05, 3.63) is 46.1 Å². The molecular formula is C20H31N5O2. The van der Waals surface area contributed by atoms with E-state index < -0.39 is 0 Å². The van der Waals surface area contributed by atoms with E-state index in [1.54, 1.807) is 11.5 Å². The molecule has 0 radical (unpaired) electrons. The van der Waals surface area contributed by atoms with Crippen molar-refractivity contribution in [2.75, 3.05) is 6.54 Å². The fourth-order valence-electron chi connectivity index (χ4n) is 3.44. The van der Waals surface area contributed by atoms with Crippen LogP contribution in [0.3, 0.4) is 0 Å². The van der Waals surface area contributed by atoms with Crippen LogP contribution in [-0.4, -0.2) is 26.5 Å². The van der Waals surface area contributed by atoms with Crippen LogP contribution in [0.4, 0.5) is 0 Å². The van der Waals surface area contributed by atoms with Gasteiger partial charge in [0, 0.05) is 24.9 Å². The van der Waals surface area contributed by atoms with E-state index in [9.17, 15) is 9.59 Å². The molecule has 0 saturated carbocycles. The fraction of sp³-hybridized carbons (Fsp3) is 0.500. The summed E-state index contributed by atoms with van der Waals surface area (Å²) in [6.45, 7) is 9.05. The molecule has 0 amide bonds. The van der Waals surface area contributed by atoms with Crippen LogP contribution in [-0.2, 0) is 17.9 Å². The van der Waals surface area contributed by atoms with Crippen LogP contribution >= 0.6 is 0 Å². The molecule has 1 unspecified atom stereocenters. The van der Waals surface area contributed by atoms with Gasteiger partial charge in [0.05, 0.1) is 24.1 Å². The second kappa shape index (κ2) is 8.90. The maximum atomic E-state index is 12.8. The first-order valence-electron chi connectivity index (χ1n) is 9.63. The summed E-state index contributed by atoms with van der Waals surface area (Å²) < 4.78 is 3.51. The minimum atomic E-state index is -0.0566. The van der Waals surface area contributed by atoms with Crippen LogP contribution in [0, 0.1) is 0 Å². The third kappa shape index (κ3) is 4.24. The van der Waals surface area contributed by atoms with Crippen molar-refractivity contribution in [3.8, 4) is 0 Å². The number of hydrazine groups is 1. The van der Waals surface area contributed by atoms with E-state index in [0.29, 0.717) is 18.0 Å². The summed E-state index contributed by atoms with van der Waals surface area (Å²) in [4.78, 5) is 24.3. The predicted octanol–water partition coefficient (Wildman–Crippen LogP) is 2.29. The molecule has 2 aromatic rings. The van der Waals surface area contributed by atoms with Crippen LogP contribution in [0.2, 0.25) is 0 Å². The van der Waals surface area contributed by atoms with Crippen molar-refractivity contribution in [1.82, 2.24) is 14.1 Å². The SMILES string of the molecule is CC.CCC(=O)CN(N)/C=C(\N)Cn1c(=O)n2c3c(cccc31)C(C)CC2. The number of Topliss-reactive ketones (excluding diaryl/α,β-unsaturated/α-hetero) is 1. The molecule has 0 saturated heterocycles. The highest BCUT2D eigenvalue weighted by atomic mass is 16.1. The Bertz CT molecular complexity index is 894. The molecule has 0 fully saturated rings. The Morgan fingerprint density at radius 3 is 2.74 bits per heavy atom. The summed E-state index contributed by atoms with van der Waals surface area (Å²) in [5.41, 5.74) is 9.55. The average molecular weight is 374 g/mol. The third-order valence-corrected chi connectivity index (χ3v) is 4.81. The highest BCUT2D eigenvalue weighted by Gasteiger charge is 2.23. The lowest BCUT2D eigenvalue weighted by Gasteiger charge is -2.20.